The number of hydrogen-bond donors (Lipinski definition) is 1. The summed E-state index contributed by atoms with van der Waals surface area (Å²) in [6, 6.07) is 6.09. The van der Waals surface area contributed by atoms with Crippen molar-refractivity contribution in [1.29, 1.82) is 0 Å². The average Bonchev–Trinajstić information content (AvgIpc) is 2.29. The number of anilines is 1. The fraction of sp³-hybridized carbons (Fsp3) is 0.400. The van der Waals surface area contributed by atoms with E-state index in [1.54, 1.807) is 19.1 Å². The summed E-state index contributed by atoms with van der Waals surface area (Å²) in [5.74, 6) is 1.52. The van der Waals surface area contributed by atoms with E-state index in [-0.39, 0.29) is 0 Å². The zero-order chi connectivity index (χ0) is 10.7. The molecule has 2 rings (SSSR count). The van der Waals surface area contributed by atoms with Crippen molar-refractivity contribution in [2.75, 3.05) is 31.1 Å². The SMILES string of the molecule is COc1ccc2c(c1)SNCN2CCCl. The van der Waals surface area contributed by atoms with Gasteiger partial charge in [-0.05, 0) is 30.1 Å². The first-order valence-electron chi connectivity index (χ1n) is 4.74. The largest absolute Gasteiger partial charge is 0.497 e. The van der Waals surface area contributed by atoms with Gasteiger partial charge in [-0.3, -0.25) is 0 Å². The summed E-state index contributed by atoms with van der Waals surface area (Å²) in [6.07, 6.45) is 0. The van der Waals surface area contributed by atoms with Gasteiger partial charge >= 0.3 is 0 Å². The highest BCUT2D eigenvalue weighted by Gasteiger charge is 2.16. The lowest BCUT2D eigenvalue weighted by Gasteiger charge is -2.30. The van der Waals surface area contributed by atoms with E-state index in [1.165, 1.54) is 10.6 Å². The van der Waals surface area contributed by atoms with Crippen LogP contribution in [0.1, 0.15) is 0 Å². The highest BCUT2D eigenvalue weighted by molar-refractivity contribution is 7.97. The molecular formula is C10H13ClN2OS. The molecule has 0 radical (unpaired) electrons. The number of benzene rings is 1. The Morgan fingerprint density at radius 2 is 2.47 bits per heavy atom. The summed E-state index contributed by atoms with van der Waals surface area (Å²) in [5.41, 5.74) is 1.22. The van der Waals surface area contributed by atoms with E-state index in [2.05, 4.69) is 15.7 Å². The third kappa shape index (κ3) is 2.33. The van der Waals surface area contributed by atoms with Crippen LogP contribution in [-0.2, 0) is 0 Å². The molecule has 0 unspecified atom stereocenters. The van der Waals surface area contributed by atoms with Crippen molar-refractivity contribution in [2.24, 2.45) is 0 Å². The van der Waals surface area contributed by atoms with Crippen LogP contribution in [0.25, 0.3) is 0 Å². The number of methoxy groups -OCH3 is 1. The van der Waals surface area contributed by atoms with Gasteiger partial charge in [0.15, 0.2) is 0 Å². The third-order valence-corrected chi connectivity index (χ3v) is 3.29. The van der Waals surface area contributed by atoms with Gasteiger partial charge in [0.05, 0.1) is 19.5 Å². The molecule has 0 amide bonds. The van der Waals surface area contributed by atoms with Gasteiger partial charge in [0, 0.05) is 17.3 Å². The minimum atomic E-state index is 0.637. The zero-order valence-corrected chi connectivity index (χ0v) is 10.1. The molecule has 5 heteroatoms. The Kier molecular flexibility index (Phi) is 3.61. The van der Waals surface area contributed by atoms with Crippen molar-refractivity contribution in [3.05, 3.63) is 18.2 Å². The molecule has 0 saturated heterocycles. The van der Waals surface area contributed by atoms with E-state index in [9.17, 15) is 0 Å². The summed E-state index contributed by atoms with van der Waals surface area (Å²) in [4.78, 5) is 3.41. The lowest BCUT2D eigenvalue weighted by molar-refractivity contribution is 0.413. The van der Waals surface area contributed by atoms with Crippen LogP contribution in [0.4, 0.5) is 5.69 Å². The van der Waals surface area contributed by atoms with Gasteiger partial charge in [0.25, 0.3) is 0 Å². The fourth-order valence-electron chi connectivity index (χ4n) is 1.54. The van der Waals surface area contributed by atoms with E-state index < -0.39 is 0 Å². The molecule has 0 atom stereocenters. The molecule has 0 bridgehead atoms. The molecule has 1 aromatic rings. The Hall–Kier alpha value is -0.580. The topological polar surface area (TPSA) is 24.5 Å². The smallest absolute Gasteiger partial charge is 0.120 e. The molecule has 1 heterocycles. The van der Waals surface area contributed by atoms with Gasteiger partial charge in [-0.2, -0.15) is 0 Å². The average molecular weight is 245 g/mol. The summed E-state index contributed by atoms with van der Waals surface area (Å²) in [7, 11) is 1.68. The van der Waals surface area contributed by atoms with Crippen molar-refractivity contribution in [3.63, 3.8) is 0 Å². The quantitative estimate of drug-likeness (QED) is 0.652. The van der Waals surface area contributed by atoms with E-state index in [0.29, 0.717) is 5.88 Å². The number of nitrogens with zero attached hydrogens (tertiary/aromatic N) is 1. The van der Waals surface area contributed by atoms with Gasteiger partial charge in [0.2, 0.25) is 0 Å². The lowest BCUT2D eigenvalue weighted by atomic mass is 10.2. The van der Waals surface area contributed by atoms with Crippen LogP contribution >= 0.6 is 23.5 Å². The van der Waals surface area contributed by atoms with Gasteiger partial charge in [-0.1, -0.05) is 0 Å². The molecular weight excluding hydrogens is 232 g/mol. The summed E-state index contributed by atoms with van der Waals surface area (Å²) >= 11 is 7.39. The second-order valence-corrected chi connectivity index (χ2v) is 4.50. The first-order chi connectivity index (χ1) is 7.35. The summed E-state index contributed by atoms with van der Waals surface area (Å²) in [6.45, 7) is 1.69. The number of fused-ring (bicyclic) bond motifs is 1. The van der Waals surface area contributed by atoms with Gasteiger partial charge in [-0.15, -0.1) is 11.6 Å². The predicted octanol–water partition coefficient (Wildman–Crippen LogP) is 2.31. The highest BCUT2D eigenvalue weighted by atomic mass is 35.5. The standard InChI is InChI=1S/C10H13ClN2OS/c1-14-8-2-3-9-10(6-8)15-12-7-13(9)5-4-11/h2-3,6,12H,4-5,7H2,1H3. The van der Waals surface area contributed by atoms with Crippen LogP contribution in [0.5, 0.6) is 5.75 Å². The van der Waals surface area contributed by atoms with Crippen LogP contribution in [0.15, 0.2) is 23.1 Å². The molecule has 0 aromatic heterocycles. The Balaban J connectivity index is 2.28. The Bertz CT molecular complexity index is 348. The second-order valence-electron chi connectivity index (χ2n) is 3.19. The first-order valence-corrected chi connectivity index (χ1v) is 6.09. The monoisotopic (exact) mass is 244 g/mol. The number of halogens is 1. The van der Waals surface area contributed by atoms with Crippen molar-refractivity contribution in [1.82, 2.24) is 4.72 Å². The molecule has 3 nitrogen and oxygen atoms in total. The van der Waals surface area contributed by atoms with Crippen molar-refractivity contribution in [2.45, 2.75) is 4.90 Å². The minimum Gasteiger partial charge on any atom is -0.497 e. The molecule has 0 fully saturated rings. The maximum atomic E-state index is 5.76. The Labute approximate surface area is 98.9 Å². The van der Waals surface area contributed by atoms with Crippen molar-refractivity contribution < 1.29 is 4.74 Å². The maximum Gasteiger partial charge on any atom is 0.120 e. The Morgan fingerprint density at radius 1 is 1.60 bits per heavy atom. The molecule has 1 aliphatic rings. The molecule has 1 N–H and O–H groups in total. The normalized spacial score (nSPS) is 14.9. The lowest BCUT2D eigenvalue weighted by Crippen LogP contribution is -2.36. The first kappa shape index (κ1) is 10.9. The molecule has 1 aliphatic heterocycles. The number of alkyl halides is 1. The van der Waals surface area contributed by atoms with Crippen LogP contribution in [0, 0.1) is 0 Å². The number of hydrogen-bond acceptors (Lipinski definition) is 4. The molecule has 82 valence electrons. The highest BCUT2D eigenvalue weighted by Crippen LogP contribution is 2.34. The molecule has 1 aromatic carbocycles. The maximum absolute atomic E-state index is 5.76. The van der Waals surface area contributed by atoms with E-state index in [0.717, 1.165) is 19.0 Å². The second kappa shape index (κ2) is 4.96. The van der Waals surface area contributed by atoms with Gasteiger partial charge in [-0.25, -0.2) is 4.72 Å². The molecule has 0 saturated carbocycles. The van der Waals surface area contributed by atoms with Crippen LogP contribution in [0.2, 0.25) is 0 Å². The molecule has 0 aliphatic carbocycles. The molecule has 0 spiro atoms. The van der Waals surface area contributed by atoms with Crippen molar-refractivity contribution >= 4 is 29.2 Å². The van der Waals surface area contributed by atoms with E-state index in [1.807, 2.05) is 12.1 Å². The number of rotatable bonds is 3. The van der Waals surface area contributed by atoms with Gasteiger partial charge in [0.1, 0.15) is 5.75 Å². The fourth-order valence-corrected chi connectivity index (χ4v) is 2.60. The number of ether oxygens (including phenoxy) is 1. The number of nitrogens with one attached hydrogen (secondary N) is 1. The third-order valence-electron chi connectivity index (χ3n) is 2.30. The summed E-state index contributed by atoms with van der Waals surface area (Å²) < 4.78 is 8.45. The van der Waals surface area contributed by atoms with Crippen LogP contribution in [0.3, 0.4) is 0 Å². The van der Waals surface area contributed by atoms with Crippen LogP contribution < -0.4 is 14.4 Å². The summed E-state index contributed by atoms with van der Waals surface area (Å²) in [5, 5.41) is 0. The van der Waals surface area contributed by atoms with Crippen molar-refractivity contribution in [3.8, 4) is 5.75 Å². The Morgan fingerprint density at radius 3 is 3.20 bits per heavy atom. The minimum absolute atomic E-state index is 0.637. The zero-order valence-electron chi connectivity index (χ0n) is 8.50. The predicted molar refractivity (Wildman–Crippen MR) is 64.9 cm³/mol. The molecule has 15 heavy (non-hydrogen) atoms. The van der Waals surface area contributed by atoms with E-state index in [4.69, 9.17) is 16.3 Å². The van der Waals surface area contributed by atoms with E-state index >= 15 is 0 Å². The van der Waals surface area contributed by atoms with Crippen LogP contribution in [-0.4, -0.2) is 26.2 Å². The van der Waals surface area contributed by atoms with Gasteiger partial charge < -0.3 is 9.64 Å².